The summed E-state index contributed by atoms with van der Waals surface area (Å²) in [7, 11) is 0. The highest BCUT2D eigenvalue weighted by atomic mass is 35.5. The van der Waals surface area contributed by atoms with E-state index in [1.807, 2.05) is 0 Å². The monoisotopic (exact) mass is 297 g/mol. The Morgan fingerprint density at radius 3 is 2.39 bits per heavy atom. The van der Waals surface area contributed by atoms with E-state index in [4.69, 9.17) is 11.6 Å². The highest BCUT2D eigenvalue weighted by molar-refractivity contribution is 8.03. The number of hydrogen-bond acceptors (Lipinski definition) is 3. The van der Waals surface area contributed by atoms with E-state index >= 15 is 0 Å². The molecular weight excluding hydrogens is 291 g/mol. The second-order valence-electron chi connectivity index (χ2n) is 3.45. The molecular formula is C10H7ClF3NO2S. The number of alkyl halides is 4. The molecule has 8 heteroatoms. The standard InChI is InChI=1S/C10H7ClF3NO2S/c11-8-5-9(16)15(18-8)6-1-3-7(4-2-6)17-10(12,13)14/h1-4,8H,5H2. The van der Waals surface area contributed by atoms with Crippen molar-refractivity contribution in [1.82, 2.24) is 0 Å². The maximum atomic E-state index is 11.9. The van der Waals surface area contributed by atoms with Crippen molar-refractivity contribution in [2.45, 2.75) is 17.5 Å². The predicted octanol–water partition coefficient (Wildman–Crippen LogP) is 3.54. The van der Waals surface area contributed by atoms with E-state index in [2.05, 4.69) is 4.74 Å². The average Bonchev–Trinajstić information content (AvgIpc) is 2.57. The van der Waals surface area contributed by atoms with Gasteiger partial charge in [0.25, 0.3) is 0 Å². The molecule has 0 aliphatic carbocycles. The summed E-state index contributed by atoms with van der Waals surface area (Å²) in [5, 5.41) is 0. The van der Waals surface area contributed by atoms with Gasteiger partial charge >= 0.3 is 6.36 Å². The first kappa shape index (κ1) is 13.4. The summed E-state index contributed by atoms with van der Waals surface area (Å²) in [5.74, 6) is -0.505. The molecule has 0 spiro atoms. The van der Waals surface area contributed by atoms with E-state index in [1.165, 1.54) is 16.4 Å². The van der Waals surface area contributed by atoms with Crippen LogP contribution in [0.2, 0.25) is 0 Å². The van der Waals surface area contributed by atoms with Crippen LogP contribution in [-0.4, -0.2) is 17.0 Å². The maximum Gasteiger partial charge on any atom is 0.573 e. The molecule has 1 aromatic carbocycles. The van der Waals surface area contributed by atoms with Crippen molar-refractivity contribution >= 4 is 35.1 Å². The first-order valence-corrected chi connectivity index (χ1v) is 6.12. The van der Waals surface area contributed by atoms with Crippen LogP contribution in [0.3, 0.4) is 0 Å². The Labute approximate surface area is 110 Å². The number of rotatable bonds is 2. The van der Waals surface area contributed by atoms with Gasteiger partial charge in [0.05, 0.1) is 12.1 Å². The zero-order valence-corrected chi connectivity index (χ0v) is 10.4. The molecule has 0 aromatic heterocycles. The zero-order valence-electron chi connectivity index (χ0n) is 8.78. The van der Waals surface area contributed by atoms with Crippen LogP contribution in [0, 0.1) is 0 Å². The Kier molecular flexibility index (Phi) is 3.63. The highest BCUT2D eigenvalue weighted by Crippen LogP contribution is 2.37. The Morgan fingerprint density at radius 1 is 1.33 bits per heavy atom. The lowest BCUT2D eigenvalue weighted by atomic mass is 10.3. The smallest absolute Gasteiger partial charge is 0.406 e. The number of ether oxygens (including phenoxy) is 1. The molecule has 1 amide bonds. The topological polar surface area (TPSA) is 29.5 Å². The van der Waals surface area contributed by atoms with Crippen molar-refractivity contribution in [3.05, 3.63) is 24.3 Å². The molecule has 98 valence electrons. The molecule has 1 aliphatic rings. The molecule has 1 fully saturated rings. The van der Waals surface area contributed by atoms with Crippen LogP contribution in [0.5, 0.6) is 5.75 Å². The minimum Gasteiger partial charge on any atom is -0.406 e. The predicted molar refractivity (Wildman–Crippen MR) is 62.5 cm³/mol. The largest absolute Gasteiger partial charge is 0.573 e. The van der Waals surface area contributed by atoms with Crippen LogP contribution in [0.25, 0.3) is 0 Å². The van der Waals surface area contributed by atoms with E-state index in [0.717, 1.165) is 24.1 Å². The Balaban J connectivity index is 2.11. The van der Waals surface area contributed by atoms with Crippen LogP contribution >= 0.6 is 23.5 Å². The fraction of sp³-hybridized carbons (Fsp3) is 0.300. The molecule has 18 heavy (non-hydrogen) atoms. The third-order valence-corrected chi connectivity index (χ3v) is 3.50. The fourth-order valence-electron chi connectivity index (χ4n) is 1.42. The fourth-order valence-corrected chi connectivity index (χ4v) is 2.67. The minimum absolute atomic E-state index is 0.176. The summed E-state index contributed by atoms with van der Waals surface area (Å²) in [6, 6.07) is 5.05. The van der Waals surface area contributed by atoms with E-state index in [0.29, 0.717) is 5.69 Å². The van der Waals surface area contributed by atoms with Gasteiger partial charge in [-0.1, -0.05) is 0 Å². The van der Waals surface area contributed by atoms with Gasteiger partial charge in [0.1, 0.15) is 10.5 Å². The van der Waals surface area contributed by atoms with E-state index < -0.39 is 6.36 Å². The maximum absolute atomic E-state index is 11.9. The quantitative estimate of drug-likeness (QED) is 0.618. The number of anilines is 1. The van der Waals surface area contributed by atoms with Gasteiger partial charge in [-0.2, -0.15) is 0 Å². The van der Waals surface area contributed by atoms with Gasteiger partial charge in [-0.3, -0.25) is 9.10 Å². The molecule has 2 rings (SSSR count). The highest BCUT2D eigenvalue weighted by Gasteiger charge is 2.32. The van der Waals surface area contributed by atoms with Gasteiger partial charge in [0.2, 0.25) is 5.91 Å². The van der Waals surface area contributed by atoms with Crippen molar-refractivity contribution in [3.8, 4) is 5.75 Å². The molecule has 1 aliphatic heterocycles. The first-order chi connectivity index (χ1) is 8.35. The van der Waals surface area contributed by atoms with Crippen LogP contribution in [0.4, 0.5) is 18.9 Å². The van der Waals surface area contributed by atoms with Crippen molar-refractivity contribution in [2.75, 3.05) is 4.31 Å². The van der Waals surface area contributed by atoms with Crippen molar-refractivity contribution in [2.24, 2.45) is 0 Å². The first-order valence-electron chi connectivity index (χ1n) is 4.85. The van der Waals surface area contributed by atoms with Crippen LogP contribution in [0.1, 0.15) is 6.42 Å². The Bertz CT molecular complexity index is 451. The van der Waals surface area contributed by atoms with E-state index in [-0.39, 0.29) is 22.8 Å². The van der Waals surface area contributed by atoms with E-state index in [1.54, 1.807) is 0 Å². The molecule has 1 heterocycles. The van der Waals surface area contributed by atoms with E-state index in [9.17, 15) is 18.0 Å². The summed E-state index contributed by atoms with van der Waals surface area (Å²) in [5.41, 5.74) is 0.475. The van der Waals surface area contributed by atoms with Gasteiger partial charge in [0, 0.05) is 0 Å². The average molecular weight is 298 g/mol. The normalized spacial score (nSPS) is 20.3. The third-order valence-electron chi connectivity index (χ3n) is 2.09. The summed E-state index contributed by atoms with van der Waals surface area (Å²) in [4.78, 5) is 11.5. The second-order valence-corrected chi connectivity index (χ2v) is 5.38. The zero-order chi connectivity index (χ0) is 13.3. The summed E-state index contributed by atoms with van der Waals surface area (Å²) in [6.45, 7) is 0. The van der Waals surface area contributed by atoms with Gasteiger partial charge < -0.3 is 4.74 Å². The summed E-state index contributed by atoms with van der Waals surface area (Å²) >= 11 is 6.93. The van der Waals surface area contributed by atoms with Gasteiger partial charge in [0.15, 0.2) is 0 Å². The second kappa shape index (κ2) is 4.89. The molecule has 1 atom stereocenters. The number of carbonyl (C=O) groups is 1. The molecule has 1 saturated heterocycles. The summed E-state index contributed by atoms with van der Waals surface area (Å²) < 4.78 is 40.6. The van der Waals surface area contributed by atoms with Gasteiger partial charge in [-0.05, 0) is 36.2 Å². The van der Waals surface area contributed by atoms with Crippen molar-refractivity contribution < 1.29 is 22.7 Å². The molecule has 1 unspecified atom stereocenters. The third kappa shape index (κ3) is 3.23. The lowest BCUT2D eigenvalue weighted by Gasteiger charge is -2.15. The Hall–Kier alpha value is -1.08. The lowest BCUT2D eigenvalue weighted by molar-refractivity contribution is -0.274. The Morgan fingerprint density at radius 2 is 1.94 bits per heavy atom. The number of nitrogens with zero attached hydrogens (tertiary/aromatic N) is 1. The lowest BCUT2D eigenvalue weighted by Crippen LogP contribution is -2.18. The molecule has 0 bridgehead atoms. The van der Waals surface area contributed by atoms with Gasteiger partial charge in [-0.15, -0.1) is 24.8 Å². The molecule has 0 radical (unpaired) electrons. The number of carbonyl (C=O) groups excluding carboxylic acids is 1. The van der Waals surface area contributed by atoms with Crippen molar-refractivity contribution in [1.29, 1.82) is 0 Å². The SMILES string of the molecule is O=C1CC(Cl)SN1c1ccc(OC(F)(F)F)cc1. The number of benzene rings is 1. The molecule has 0 N–H and O–H groups in total. The van der Waals surface area contributed by atoms with Crippen LogP contribution in [-0.2, 0) is 4.79 Å². The van der Waals surface area contributed by atoms with Crippen molar-refractivity contribution in [3.63, 3.8) is 0 Å². The minimum atomic E-state index is -4.72. The number of halogens is 4. The van der Waals surface area contributed by atoms with Crippen LogP contribution < -0.4 is 9.04 Å². The molecule has 1 aromatic rings. The van der Waals surface area contributed by atoms with Crippen LogP contribution in [0.15, 0.2) is 24.3 Å². The number of hydrogen-bond donors (Lipinski definition) is 0. The summed E-state index contributed by atoms with van der Waals surface area (Å²) in [6.07, 6.45) is -4.52. The molecule has 0 saturated carbocycles. The molecule has 3 nitrogen and oxygen atoms in total. The number of amides is 1. The van der Waals surface area contributed by atoms with Gasteiger partial charge in [-0.25, -0.2) is 0 Å².